The Bertz CT molecular complexity index is 369. The first kappa shape index (κ1) is 18.0. The number of hydrogen-bond donors (Lipinski definition) is 1. The SMILES string of the molecule is CCCC1NC(=O)C(C(C)C)N(C(COC)C(C)C)C1=O. The van der Waals surface area contributed by atoms with Crippen LogP contribution in [0.1, 0.15) is 47.5 Å². The molecule has 0 radical (unpaired) electrons. The first-order chi connectivity index (χ1) is 9.84. The number of hydrogen-bond acceptors (Lipinski definition) is 3. The number of carbonyl (C=O) groups excluding carboxylic acids is 2. The summed E-state index contributed by atoms with van der Waals surface area (Å²) in [6.45, 7) is 10.6. The lowest BCUT2D eigenvalue weighted by Gasteiger charge is -2.46. The molecule has 0 aromatic heterocycles. The lowest BCUT2D eigenvalue weighted by Crippen LogP contribution is -2.68. The third-order valence-electron chi connectivity index (χ3n) is 4.11. The molecule has 0 aliphatic carbocycles. The fourth-order valence-corrected chi connectivity index (χ4v) is 3.00. The quantitative estimate of drug-likeness (QED) is 0.780. The maximum absolute atomic E-state index is 12.9. The minimum absolute atomic E-state index is 0.0332. The van der Waals surface area contributed by atoms with Crippen molar-refractivity contribution in [3.8, 4) is 0 Å². The van der Waals surface area contributed by atoms with Crippen LogP contribution in [-0.2, 0) is 14.3 Å². The number of nitrogens with one attached hydrogen (secondary N) is 1. The number of amides is 2. The molecule has 1 heterocycles. The van der Waals surface area contributed by atoms with Crippen LogP contribution >= 0.6 is 0 Å². The Kier molecular flexibility index (Phi) is 6.65. The Labute approximate surface area is 128 Å². The summed E-state index contributed by atoms with van der Waals surface area (Å²) in [6.07, 6.45) is 1.55. The van der Waals surface area contributed by atoms with Crippen molar-refractivity contribution in [1.29, 1.82) is 0 Å². The largest absolute Gasteiger partial charge is 0.383 e. The first-order valence-corrected chi connectivity index (χ1v) is 7.96. The van der Waals surface area contributed by atoms with E-state index in [1.54, 1.807) is 12.0 Å². The Balaban J connectivity index is 3.14. The van der Waals surface area contributed by atoms with Gasteiger partial charge in [-0.05, 0) is 18.3 Å². The van der Waals surface area contributed by atoms with Gasteiger partial charge in [-0.25, -0.2) is 0 Å². The number of piperazine rings is 1. The zero-order chi connectivity index (χ0) is 16.2. The van der Waals surface area contributed by atoms with Gasteiger partial charge in [-0.1, -0.05) is 41.0 Å². The highest BCUT2D eigenvalue weighted by molar-refractivity contribution is 5.97. The maximum atomic E-state index is 12.9. The molecular formula is C16H30N2O3. The van der Waals surface area contributed by atoms with Gasteiger partial charge in [0.2, 0.25) is 11.8 Å². The lowest BCUT2D eigenvalue weighted by molar-refractivity contribution is -0.157. The van der Waals surface area contributed by atoms with Gasteiger partial charge in [0.25, 0.3) is 0 Å². The smallest absolute Gasteiger partial charge is 0.246 e. The summed E-state index contributed by atoms with van der Waals surface area (Å²) in [5.41, 5.74) is 0. The third kappa shape index (κ3) is 3.96. The molecule has 3 unspecified atom stereocenters. The zero-order valence-corrected chi connectivity index (χ0v) is 14.2. The normalized spacial score (nSPS) is 24.7. The Morgan fingerprint density at radius 2 is 1.86 bits per heavy atom. The van der Waals surface area contributed by atoms with Crippen molar-refractivity contribution < 1.29 is 14.3 Å². The summed E-state index contributed by atoms with van der Waals surface area (Å²) in [5, 5.41) is 2.89. The highest BCUT2D eigenvalue weighted by Gasteiger charge is 2.45. The van der Waals surface area contributed by atoms with Gasteiger partial charge in [-0.15, -0.1) is 0 Å². The van der Waals surface area contributed by atoms with Crippen molar-refractivity contribution in [3.63, 3.8) is 0 Å². The van der Waals surface area contributed by atoms with Crippen molar-refractivity contribution >= 4 is 11.8 Å². The maximum Gasteiger partial charge on any atom is 0.246 e. The zero-order valence-electron chi connectivity index (χ0n) is 14.2. The molecule has 0 saturated carbocycles. The molecule has 1 aliphatic heterocycles. The van der Waals surface area contributed by atoms with Gasteiger partial charge in [0, 0.05) is 7.11 Å². The molecule has 3 atom stereocenters. The molecule has 5 nitrogen and oxygen atoms in total. The summed E-state index contributed by atoms with van der Waals surface area (Å²) in [6, 6.07) is -0.871. The van der Waals surface area contributed by atoms with E-state index in [1.807, 2.05) is 20.8 Å². The van der Waals surface area contributed by atoms with Crippen molar-refractivity contribution in [2.75, 3.05) is 13.7 Å². The number of methoxy groups -OCH3 is 1. The third-order valence-corrected chi connectivity index (χ3v) is 4.11. The average Bonchev–Trinajstić information content (AvgIpc) is 2.39. The molecule has 1 rings (SSSR count). The van der Waals surface area contributed by atoms with Gasteiger partial charge in [0.15, 0.2) is 0 Å². The number of ether oxygens (including phenoxy) is 1. The first-order valence-electron chi connectivity index (χ1n) is 7.96. The molecule has 2 amide bonds. The van der Waals surface area contributed by atoms with Crippen LogP contribution in [0.4, 0.5) is 0 Å². The molecule has 1 aliphatic rings. The average molecular weight is 298 g/mol. The van der Waals surface area contributed by atoms with E-state index in [1.165, 1.54) is 0 Å². The Hall–Kier alpha value is -1.10. The van der Waals surface area contributed by atoms with Crippen LogP contribution in [0.25, 0.3) is 0 Å². The predicted octanol–water partition coefficient (Wildman–Crippen LogP) is 1.81. The molecule has 0 aromatic carbocycles. The standard InChI is InChI=1S/C16H30N2O3/c1-7-8-12-16(20)18(13(9-21-6)10(2)3)14(11(4)5)15(19)17-12/h10-14H,7-9H2,1-6H3,(H,17,19). The predicted molar refractivity (Wildman–Crippen MR) is 82.8 cm³/mol. The molecule has 122 valence electrons. The molecule has 1 N–H and O–H groups in total. The minimum Gasteiger partial charge on any atom is -0.383 e. The van der Waals surface area contributed by atoms with Gasteiger partial charge >= 0.3 is 0 Å². The van der Waals surface area contributed by atoms with Gasteiger partial charge in [-0.2, -0.15) is 0 Å². The van der Waals surface area contributed by atoms with E-state index in [2.05, 4.69) is 19.2 Å². The van der Waals surface area contributed by atoms with Crippen LogP contribution in [0.3, 0.4) is 0 Å². The van der Waals surface area contributed by atoms with E-state index in [9.17, 15) is 9.59 Å². The van der Waals surface area contributed by atoms with Crippen LogP contribution < -0.4 is 5.32 Å². The van der Waals surface area contributed by atoms with Gasteiger partial charge < -0.3 is 15.0 Å². The number of rotatable bonds is 7. The molecule has 1 fully saturated rings. The Morgan fingerprint density at radius 3 is 2.29 bits per heavy atom. The highest BCUT2D eigenvalue weighted by Crippen LogP contribution is 2.25. The molecule has 21 heavy (non-hydrogen) atoms. The van der Waals surface area contributed by atoms with Crippen LogP contribution in [0.5, 0.6) is 0 Å². The topological polar surface area (TPSA) is 58.6 Å². The van der Waals surface area contributed by atoms with Crippen LogP contribution in [0.2, 0.25) is 0 Å². The second kappa shape index (κ2) is 7.78. The van der Waals surface area contributed by atoms with E-state index >= 15 is 0 Å². The second-order valence-electron chi connectivity index (χ2n) is 6.55. The van der Waals surface area contributed by atoms with Crippen LogP contribution in [-0.4, -0.2) is 48.6 Å². The summed E-state index contributed by atoms with van der Waals surface area (Å²) in [5.74, 6) is 0.314. The van der Waals surface area contributed by atoms with Crippen molar-refractivity contribution in [2.24, 2.45) is 11.8 Å². The summed E-state index contributed by atoms with van der Waals surface area (Å²) in [4.78, 5) is 27.1. The monoisotopic (exact) mass is 298 g/mol. The minimum atomic E-state index is -0.409. The molecule has 5 heteroatoms. The van der Waals surface area contributed by atoms with Gasteiger partial charge in [0.05, 0.1) is 12.6 Å². The highest BCUT2D eigenvalue weighted by atomic mass is 16.5. The molecule has 0 aromatic rings. The number of carbonyl (C=O) groups is 2. The molecular weight excluding hydrogens is 268 g/mol. The van der Waals surface area contributed by atoms with E-state index in [0.29, 0.717) is 13.0 Å². The van der Waals surface area contributed by atoms with Gasteiger partial charge in [-0.3, -0.25) is 9.59 Å². The number of nitrogens with zero attached hydrogens (tertiary/aromatic N) is 1. The van der Waals surface area contributed by atoms with Crippen LogP contribution in [0.15, 0.2) is 0 Å². The van der Waals surface area contributed by atoms with E-state index in [4.69, 9.17) is 4.74 Å². The summed E-state index contributed by atoms with van der Waals surface area (Å²) in [7, 11) is 1.64. The molecule has 0 spiro atoms. The lowest BCUT2D eigenvalue weighted by atomic mass is 9.91. The van der Waals surface area contributed by atoms with Crippen LogP contribution in [0, 0.1) is 11.8 Å². The fourth-order valence-electron chi connectivity index (χ4n) is 3.00. The second-order valence-corrected chi connectivity index (χ2v) is 6.55. The van der Waals surface area contributed by atoms with E-state index in [-0.39, 0.29) is 29.7 Å². The van der Waals surface area contributed by atoms with Crippen molar-refractivity contribution in [3.05, 3.63) is 0 Å². The molecule has 1 saturated heterocycles. The summed E-state index contributed by atoms with van der Waals surface area (Å²) < 4.78 is 5.30. The van der Waals surface area contributed by atoms with E-state index < -0.39 is 12.1 Å². The van der Waals surface area contributed by atoms with E-state index in [0.717, 1.165) is 6.42 Å². The van der Waals surface area contributed by atoms with Crippen molar-refractivity contribution in [1.82, 2.24) is 10.2 Å². The van der Waals surface area contributed by atoms with Gasteiger partial charge in [0.1, 0.15) is 12.1 Å². The summed E-state index contributed by atoms with van der Waals surface area (Å²) >= 11 is 0. The fraction of sp³-hybridized carbons (Fsp3) is 0.875. The van der Waals surface area contributed by atoms with Crippen molar-refractivity contribution in [2.45, 2.75) is 65.6 Å². The molecule has 0 bridgehead atoms. The Morgan fingerprint density at radius 1 is 1.24 bits per heavy atom.